The first-order valence-corrected chi connectivity index (χ1v) is 7.09. The van der Waals surface area contributed by atoms with Gasteiger partial charge in [-0.05, 0) is 49.9 Å². The molecule has 0 saturated heterocycles. The van der Waals surface area contributed by atoms with Crippen molar-refractivity contribution in [3.63, 3.8) is 0 Å². The summed E-state index contributed by atoms with van der Waals surface area (Å²) >= 11 is 0. The smallest absolute Gasteiger partial charge is 0.241 e. The maximum absolute atomic E-state index is 12.1. The molecule has 0 bridgehead atoms. The van der Waals surface area contributed by atoms with Crippen LogP contribution in [0.3, 0.4) is 0 Å². The van der Waals surface area contributed by atoms with E-state index in [1.807, 2.05) is 13.8 Å². The summed E-state index contributed by atoms with van der Waals surface area (Å²) in [5.41, 5.74) is 1.27. The molecule has 1 saturated carbocycles. The van der Waals surface area contributed by atoms with Crippen LogP contribution in [0.5, 0.6) is 0 Å². The molecule has 2 rings (SSSR count). The molecule has 1 aromatic carbocycles. The minimum absolute atomic E-state index is 0.146. The molecular weight excluding hydrogens is 238 g/mol. The number of aliphatic hydroxyl groups excluding tert-OH is 1. The normalized spacial score (nSPS) is 18.1. The van der Waals surface area contributed by atoms with Crippen LogP contribution in [0.4, 0.5) is 0 Å². The van der Waals surface area contributed by atoms with E-state index in [0.29, 0.717) is 5.56 Å². The van der Waals surface area contributed by atoms with E-state index in [1.54, 1.807) is 12.1 Å². The zero-order chi connectivity index (χ0) is 12.7. The average molecular weight is 255 g/mol. The third-order valence-corrected chi connectivity index (χ3v) is 4.82. The van der Waals surface area contributed by atoms with E-state index < -0.39 is 10.0 Å². The van der Waals surface area contributed by atoms with Gasteiger partial charge in [-0.2, -0.15) is 0 Å². The Hall–Kier alpha value is -0.910. The van der Waals surface area contributed by atoms with Gasteiger partial charge in [0.05, 0.1) is 11.5 Å². The first kappa shape index (κ1) is 12.5. The number of aliphatic hydroxyl groups is 1. The number of hydrogen-bond acceptors (Lipinski definition) is 3. The average Bonchev–Trinajstić information content (AvgIpc) is 2.95. The molecule has 0 aromatic heterocycles. The number of rotatable bonds is 4. The Morgan fingerprint density at radius 1 is 1.41 bits per heavy atom. The molecule has 1 aliphatic carbocycles. The predicted molar refractivity (Wildman–Crippen MR) is 65.1 cm³/mol. The van der Waals surface area contributed by atoms with Crippen molar-refractivity contribution >= 4 is 10.0 Å². The third-order valence-electron chi connectivity index (χ3n) is 3.18. The maximum Gasteiger partial charge on any atom is 0.241 e. The van der Waals surface area contributed by atoms with Crippen molar-refractivity contribution in [2.24, 2.45) is 0 Å². The number of benzene rings is 1. The molecule has 0 aliphatic heterocycles. The molecule has 4 nitrogen and oxygen atoms in total. The van der Waals surface area contributed by atoms with Gasteiger partial charge in [0, 0.05) is 5.54 Å². The van der Waals surface area contributed by atoms with Gasteiger partial charge in [-0.15, -0.1) is 0 Å². The van der Waals surface area contributed by atoms with E-state index in [4.69, 9.17) is 5.11 Å². The van der Waals surface area contributed by atoms with E-state index in [-0.39, 0.29) is 17.0 Å². The van der Waals surface area contributed by atoms with Crippen molar-refractivity contribution in [3.05, 3.63) is 29.3 Å². The Bertz CT molecular complexity index is 533. The Morgan fingerprint density at radius 2 is 2.06 bits per heavy atom. The highest BCUT2D eigenvalue weighted by molar-refractivity contribution is 7.89. The first-order chi connectivity index (χ1) is 7.86. The number of hydrogen-bond donors (Lipinski definition) is 2. The van der Waals surface area contributed by atoms with Crippen LogP contribution in [0.25, 0.3) is 0 Å². The summed E-state index contributed by atoms with van der Waals surface area (Å²) in [5.74, 6) is 0. The van der Waals surface area contributed by atoms with Crippen LogP contribution in [0.2, 0.25) is 0 Å². The molecule has 0 spiro atoms. The van der Waals surface area contributed by atoms with E-state index in [0.717, 1.165) is 18.4 Å². The van der Waals surface area contributed by atoms with Gasteiger partial charge in [-0.3, -0.25) is 0 Å². The van der Waals surface area contributed by atoms with Gasteiger partial charge in [-0.1, -0.05) is 6.07 Å². The fourth-order valence-electron chi connectivity index (χ4n) is 1.66. The van der Waals surface area contributed by atoms with Crippen LogP contribution in [-0.2, 0) is 16.6 Å². The van der Waals surface area contributed by atoms with E-state index >= 15 is 0 Å². The fraction of sp³-hybridized carbons (Fsp3) is 0.500. The predicted octanol–water partition coefficient (Wildman–Crippen LogP) is 1.32. The third kappa shape index (κ3) is 2.68. The Morgan fingerprint density at radius 3 is 2.59 bits per heavy atom. The molecule has 0 atom stereocenters. The second kappa shape index (κ2) is 4.08. The van der Waals surface area contributed by atoms with Gasteiger partial charge in [-0.25, -0.2) is 13.1 Å². The van der Waals surface area contributed by atoms with Gasteiger partial charge in [0.15, 0.2) is 0 Å². The lowest BCUT2D eigenvalue weighted by atomic mass is 10.1. The Kier molecular flexibility index (Phi) is 3.01. The highest BCUT2D eigenvalue weighted by Crippen LogP contribution is 2.36. The van der Waals surface area contributed by atoms with Crippen molar-refractivity contribution < 1.29 is 13.5 Å². The Labute approximate surface area is 102 Å². The summed E-state index contributed by atoms with van der Waals surface area (Å²) in [6, 6.07) is 4.82. The van der Waals surface area contributed by atoms with Gasteiger partial charge in [0.1, 0.15) is 0 Å². The highest BCUT2D eigenvalue weighted by Gasteiger charge is 2.41. The highest BCUT2D eigenvalue weighted by atomic mass is 32.2. The summed E-state index contributed by atoms with van der Waals surface area (Å²) < 4.78 is 26.8. The molecule has 5 heteroatoms. The standard InChI is InChI=1S/C12H17NO3S/c1-9-3-4-11(7-10(9)8-14)17(15,16)13-12(2)5-6-12/h3-4,7,13-14H,5-6,8H2,1-2H3. The quantitative estimate of drug-likeness (QED) is 0.852. The van der Waals surface area contributed by atoms with Crippen LogP contribution >= 0.6 is 0 Å². The van der Waals surface area contributed by atoms with Gasteiger partial charge in [0.2, 0.25) is 10.0 Å². The van der Waals surface area contributed by atoms with Crippen molar-refractivity contribution in [2.45, 2.75) is 43.7 Å². The van der Waals surface area contributed by atoms with Crippen LogP contribution in [-0.4, -0.2) is 19.1 Å². The fourth-order valence-corrected chi connectivity index (χ4v) is 3.17. The molecule has 0 amide bonds. The molecule has 1 aromatic rings. The molecule has 1 aliphatic rings. The maximum atomic E-state index is 12.1. The summed E-state index contributed by atoms with van der Waals surface area (Å²) in [5, 5.41) is 9.14. The molecule has 0 unspecified atom stereocenters. The summed E-state index contributed by atoms with van der Waals surface area (Å²) in [7, 11) is -3.47. The second-order valence-electron chi connectivity index (χ2n) is 4.91. The topological polar surface area (TPSA) is 66.4 Å². The van der Waals surface area contributed by atoms with Crippen molar-refractivity contribution in [3.8, 4) is 0 Å². The molecule has 17 heavy (non-hydrogen) atoms. The van der Waals surface area contributed by atoms with Crippen LogP contribution in [0.15, 0.2) is 23.1 Å². The van der Waals surface area contributed by atoms with Gasteiger partial charge in [0.25, 0.3) is 0 Å². The van der Waals surface area contributed by atoms with Crippen molar-refractivity contribution in [2.75, 3.05) is 0 Å². The first-order valence-electron chi connectivity index (χ1n) is 5.61. The monoisotopic (exact) mass is 255 g/mol. The van der Waals surface area contributed by atoms with Gasteiger partial charge < -0.3 is 5.11 Å². The molecule has 0 radical (unpaired) electrons. The van der Waals surface area contributed by atoms with Crippen LogP contribution in [0, 0.1) is 6.92 Å². The zero-order valence-electron chi connectivity index (χ0n) is 10.0. The molecule has 2 N–H and O–H groups in total. The molecule has 0 heterocycles. The van der Waals surface area contributed by atoms with E-state index in [2.05, 4.69) is 4.72 Å². The van der Waals surface area contributed by atoms with Crippen LogP contribution < -0.4 is 4.72 Å². The van der Waals surface area contributed by atoms with E-state index in [1.165, 1.54) is 6.07 Å². The minimum Gasteiger partial charge on any atom is -0.392 e. The van der Waals surface area contributed by atoms with Crippen molar-refractivity contribution in [1.29, 1.82) is 0 Å². The zero-order valence-corrected chi connectivity index (χ0v) is 10.8. The lowest BCUT2D eigenvalue weighted by molar-refractivity contribution is 0.280. The summed E-state index contributed by atoms with van der Waals surface area (Å²) in [4.78, 5) is 0.222. The van der Waals surface area contributed by atoms with Gasteiger partial charge >= 0.3 is 0 Å². The summed E-state index contributed by atoms with van der Waals surface area (Å²) in [6.07, 6.45) is 1.76. The molecule has 1 fully saturated rings. The Balaban J connectivity index is 2.32. The number of nitrogens with one attached hydrogen (secondary N) is 1. The lowest BCUT2D eigenvalue weighted by Gasteiger charge is -2.13. The number of aryl methyl sites for hydroxylation is 1. The minimum atomic E-state index is -3.47. The number of sulfonamides is 1. The second-order valence-corrected chi connectivity index (χ2v) is 6.59. The lowest BCUT2D eigenvalue weighted by Crippen LogP contribution is -2.34. The largest absolute Gasteiger partial charge is 0.392 e. The molecular formula is C12H17NO3S. The van der Waals surface area contributed by atoms with Crippen molar-refractivity contribution in [1.82, 2.24) is 4.72 Å². The molecule has 94 valence electrons. The van der Waals surface area contributed by atoms with Crippen LogP contribution in [0.1, 0.15) is 30.9 Å². The SMILES string of the molecule is Cc1ccc(S(=O)(=O)NC2(C)CC2)cc1CO. The van der Waals surface area contributed by atoms with E-state index in [9.17, 15) is 8.42 Å². The summed E-state index contributed by atoms with van der Waals surface area (Å²) in [6.45, 7) is 3.59.